The molecule has 0 bridgehead atoms. The SMILES string of the molecule is COc1cc(Br)cc(-n2nnnc2C(C)N)c1. The number of nitrogens with zero attached hydrogens (tertiary/aromatic N) is 4. The molecule has 0 aliphatic rings. The molecular weight excluding hydrogens is 286 g/mol. The van der Waals surface area contributed by atoms with E-state index in [1.54, 1.807) is 11.8 Å². The molecule has 1 atom stereocenters. The molecule has 2 aromatic rings. The lowest BCUT2D eigenvalue weighted by molar-refractivity contribution is 0.414. The van der Waals surface area contributed by atoms with Gasteiger partial charge in [-0.2, -0.15) is 4.68 Å². The van der Waals surface area contributed by atoms with Crippen LogP contribution >= 0.6 is 15.9 Å². The maximum Gasteiger partial charge on any atom is 0.173 e. The summed E-state index contributed by atoms with van der Waals surface area (Å²) in [7, 11) is 1.61. The third kappa shape index (κ3) is 2.45. The molecule has 1 unspecified atom stereocenters. The van der Waals surface area contributed by atoms with Crippen LogP contribution in [0.4, 0.5) is 0 Å². The number of benzene rings is 1. The molecule has 1 aromatic heterocycles. The summed E-state index contributed by atoms with van der Waals surface area (Å²) < 4.78 is 7.67. The van der Waals surface area contributed by atoms with Gasteiger partial charge in [0.2, 0.25) is 0 Å². The maximum absolute atomic E-state index is 5.80. The first-order chi connectivity index (χ1) is 8.11. The van der Waals surface area contributed by atoms with E-state index in [0.29, 0.717) is 5.82 Å². The Balaban J connectivity index is 2.52. The molecule has 0 amide bonds. The normalized spacial score (nSPS) is 12.5. The Hall–Kier alpha value is -1.47. The number of aromatic nitrogens is 4. The molecule has 17 heavy (non-hydrogen) atoms. The molecule has 2 rings (SSSR count). The van der Waals surface area contributed by atoms with Crippen LogP contribution in [0.2, 0.25) is 0 Å². The van der Waals surface area contributed by atoms with Crippen molar-refractivity contribution in [2.45, 2.75) is 13.0 Å². The predicted molar refractivity (Wildman–Crippen MR) is 66.0 cm³/mol. The maximum atomic E-state index is 5.80. The quantitative estimate of drug-likeness (QED) is 0.928. The lowest BCUT2D eigenvalue weighted by Crippen LogP contribution is -2.13. The van der Waals surface area contributed by atoms with Gasteiger partial charge in [-0.15, -0.1) is 5.10 Å². The number of ether oxygens (including phenoxy) is 1. The summed E-state index contributed by atoms with van der Waals surface area (Å²) in [6.45, 7) is 1.83. The largest absolute Gasteiger partial charge is 0.497 e. The van der Waals surface area contributed by atoms with Gasteiger partial charge in [0.25, 0.3) is 0 Å². The third-order valence-corrected chi connectivity index (χ3v) is 2.70. The van der Waals surface area contributed by atoms with E-state index in [4.69, 9.17) is 10.5 Å². The van der Waals surface area contributed by atoms with Crippen LogP contribution in [0, 0.1) is 0 Å². The number of hydrogen-bond acceptors (Lipinski definition) is 5. The van der Waals surface area contributed by atoms with Crippen molar-refractivity contribution < 1.29 is 4.74 Å². The van der Waals surface area contributed by atoms with Crippen LogP contribution in [0.25, 0.3) is 5.69 Å². The van der Waals surface area contributed by atoms with Gasteiger partial charge in [0, 0.05) is 10.5 Å². The molecule has 0 fully saturated rings. The molecular formula is C10H12BrN5O. The zero-order valence-corrected chi connectivity index (χ0v) is 11.0. The van der Waals surface area contributed by atoms with Crippen LogP contribution in [0.1, 0.15) is 18.8 Å². The minimum absolute atomic E-state index is 0.241. The molecule has 7 heteroatoms. The van der Waals surface area contributed by atoms with E-state index in [0.717, 1.165) is 15.9 Å². The number of rotatable bonds is 3. The summed E-state index contributed by atoms with van der Waals surface area (Å²) in [5.74, 6) is 1.32. The van der Waals surface area contributed by atoms with E-state index in [2.05, 4.69) is 31.5 Å². The van der Waals surface area contributed by atoms with Crippen molar-refractivity contribution in [1.82, 2.24) is 20.2 Å². The number of tetrazole rings is 1. The first-order valence-electron chi connectivity index (χ1n) is 5.00. The first kappa shape index (κ1) is 12.0. The second-order valence-electron chi connectivity index (χ2n) is 3.59. The fourth-order valence-corrected chi connectivity index (χ4v) is 1.91. The number of halogens is 1. The highest BCUT2D eigenvalue weighted by atomic mass is 79.9. The van der Waals surface area contributed by atoms with Gasteiger partial charge in [-0.1, -0.05) is 15.9 Å². The molecule has 0 spiro atoms. The highest BCUT2D eigenvalue weighted by Gasteiger charge is 2.13. The predicted octanol–water partition coefficient (Wildman–Crippen LogP) is 1.45. The molecule has 1 aromatic carbocycles. The van der Waals surface area contributed by atoms with Crippen molar-refractivity contribution in [3.63, 3.8) is 0 Å². The van der Waals surface area contributed by atoms with E-state index >= 15 is 0 Å². The molecule has 0 radical (unpaired) electrons. The van der Waals surface area contributed by atoms with Crippen LogP contribution in [-0.2, 0) is 0 Å². The van der Waals surface area contributed by atoms with Gasteiger partial charge in [0.1, 0.15) is 5.75 Å². The lowest BCUT2D eigenvalue weighted by Gasteiger charge is -2.09. The minimum Gasteiger partial charge on any atom is -0.497 e. The van der Waals surface area contributed by atoms with Gasteiger partial charge in [-0.3, -0.25) is 0 Å². The standard InChI is InChI=1S/C10H12BrN5O/c1-6(12)10-13-14-15-16(10)8-3-7(11)4-9(5-8)17-2/h3-6H,12H2,1-2H3. The van der Waals surface area contributed by atoms with Crippen molar-refractivity contribution in [2.75, 3.05) is 7.11 Å². The van der Waals surface area contributed by atoms with Crippen molar-refractivity contribution in [1.29, 1.82) is 0 Å². The Bertz CT molecular complexity index is 525. The smallest absolute Gasteiger partial charge is 0.173 e. The van der Waals surface area contributed by atoms with E-state index in [1.807, 2.05) is 25.1 Å². The van der Waals surface area contributed by atoms with Crippen LogP contribution in [0.15, 0.2) is 22.7 Å². The fourth-order valence-electron chi connectivity index (χ4n) is 1.45. The second kappa shape index (κ2) is 4.80. The Kier molecular flexibility index (Phi) is 3.39. The number of nitrogens with two attached hydrogens (primary N) is 1. The average Bonchev–Trinajstić information content (AvgIpc) is 2.77. The molecule has 6 nitrogen and oxygen atoms in total. The fraction of sp³-hybridized carbons (Fsp3) is 0.300. The molecule has 90 valence electrons. The monoisotopic (exact) mass is 297 g/mol. The van der Waals surface area contributed by atoms with Crippen LogP contribution in [0.5, 0.6) is 5.75 Å². The second-order valence-corrected chi connectivity index (χ2v) is 4.50. The van der Waals surface area contributed by atoms with Crippen LogP contribution < -0.4 is 10.5 Å². The van der Waals surface area contributed by atoms with Gasteiger partial charge >= 0.3 is 0 Å². The Labute approximate surface area is 107 Å². The first-order valence-corrected chi connectivity index (χ1v) is 5.80. The summed E-state index contributed by atoms with van der Waals surface area (Å²) in [6.07, 6.45) is 0. The van der Waals surface area contributed by atoms with Crippen molar-refractivity contribution >= 4 is 15.9 Å². The molecule has 2 N–H and O–H groups in total. The minimum atomic E-state index is -0.241. The highest BCUT2D eigenvalue weighted by molar-refractivity contribution is 9.10. The van der Waals surface area contributed by atoms with Gasteiger partial charge in [-0.05, 0) is 29.5 Å². The van der Waals surface area contributed by atoms with Gasteiger partial charge in [-0.25, -0.2) is 0 Å². The highest BCUT2D eigenvalue weighted by Crippen LogP contribution is 2.24. The number of hydrogen-bond donors (Lipinski definition) is 1. The lowest BCUT2D eigenvalue weighted by atomic mass is 10.3. The molecule has 1 heterocycles. The van der Waals surface area contributed by atoms with E-state index in [9.17, 15) is 0 Å². The molecule has 0 aliphatic carbocycles. The molecule has 0 saturated heterocycles. The van der Waals surface area contributed by atoms with Crippen LogP contribution in [-0.4, -0.2) is 27.3 Å². The van der Waals surface area contributed by atoms with Crippen LogP contribution in [0.3, 0.4) is 0 Å². The van der Waals surface area contributed by atoms with Crippen molar-refractivity contribution in [3.8, 4) is 11.4 Å². The summed E-state index contributed by atoms with van der Waals surface area (Å²) in [5, 5.41) is 11.5. The summed E-state index contributed by atoms with van der Waals surface area (Å²) in [5.41, 5.74) is 6.60. The summed E-state index contributed by atoms with van der Waals surface area (Å²) in [6, 6.07) is 5.35. The Morgan fingerprint density at radius 1 is 1.41 bits per heavy atom. The molecule has 0 aliphatic heterocycles. The zero-order valence-electron chi connectivity index (χ0n) is 9.46. The van der Waals surface area contributed by atoms with Gasteiger partial charge in [0.05, 0.1) is 18.8 Å². The number of methoxy groups -OCH3 is 1. The summed E-state index contributed by atoms with van der Waals surface area (Å²) >= 11 is 3.41. The summed E-state index contributed by atoms with van der Waals surface area (Å²) in [4.78, 5) is 0. The van der Waals surface area contributed by atoms with Crippen molar-refractivity contribution in [3.05, 3.63) is 28.5 Å². The zero-order chi connectivity index (χ0) is 12.4. The van der Waals surface area contributed by atoms with Crippen molar-refractivity contribution in [2.24, 2.45) is 5.73 Å². The van der Waals surface area contributed by atoms with Gasteiger partial charge < -0.3 is 10.5 Å². The molecule has 0 saturated carbocycles. The topological polar surface area (TPSA) is 78.8 Å². The third-order valence-electron chi connectivity index (χ3n) is 2.24. The Morgan fingerprint density at radius 3 is 2.82 bits per heavy atom. The van der Waals surface area contributed by atoms with E-state index in [-0.39, 0.29) is 6.04 Å². The average molecular weight is 298 g/mol. The van der Waals surface area contributed by atoms with E-state index < -0.39 is 0 Å². The van der Waals surface area contributed by atoms with Gasteiger partial charge in [0.15, 0.2) is 5.82 Å². The Morgan fingerprint density at radius 2 is 2.18 bits per heavy atom. The van der Waals surface area contributed by atoms with E-state index in [1.165, 1.54) is 0 Å².